The number of amides is 1. The number of ether oxygens (including phenoxy) is 3. The summed E-state index contributed by atoms with van der Waals surface area (Å²) in [5.74, 6) is 2.30. The number of methoxy groups -OCH3 is 3. The van der Waals surface area contributed by atoms with E-state index in [-0.39, 0.29) is 5.91 Å². The first-order valence-electron chi connectivity index (χ1n) is 13.3. The predicted octanol–water partition coefficient (Wildman–Crippen LogP) is 4.87. The molecule has 0 aliphatic carbocycles. The number of fused-ring (bicyclic) bond motifs is 3. The summed E-state index contributed by atoms with van der Waals surface area (Å²) in [6, 6.07) is 13.0. The van der Waals surface area contributed by atoms with Gasteiger partial charge in [-0.05, 0) is 44.5 Å². The molecule has 0 radical (unpaired) electrons. The average molecular weight is 576 g/mol. The van der Waals surface area contributed by atoms with Gasteiger partial charge in [0, 0.05) is 41.9 Å². The highest BCUT2D eigenvalue weighted by atomic mass is 32.2. The second-order valence-corrected chi connectivity index (χ2v) is 10.7. The van der Waals surface area contributed by atoms with Gasteiger partial charge in [0.25, 0.3) is 0 Å². The Morgan fingerprint density at radius 1 is 1.00 bits per heavy atom. The number of nitrogens with zero attached hydrogens (tertiary/aromatic N) is 6. The SMILES string of the molecule is CC[C@@H](Sc1nc2cc(OC)c(OC)cc2c2nc(CCn3nc(C)cc3C)nn12)C(=O)Nc1cccc(OC)c1. The second-order valence-electron chi connectivity index (χ2n) is 9.52. The number of rotatable bonds is 11. The number of carbonyl (C=O) groups excluding carboxylic acids is 1. The number of nitrogens with one attached hydrogen (secondary N) is 1. The number of hydrogen-bond donors (Lipinski definition) is 1. The van der Waals surface area contributed by atoms with Crippen molar-refractivity contribution in [1.29, 1.82) is 0 Å². The first kappa shape index (κ1) is 28.2. The van der Waals surface area contributed by atoms with Gasteiger partial charge in [0.2, 0.25) is 5.91 Å². The quantitative estimate of drug-likeness (QED) is 0.174. The van der Waals surface area contributed by atoms with Gasteiger partial charge in [0.1, 0.15) is 5.75 Å². The van der Waals surface area contributed by atoms with E-state index in [1.807, 2.05) is 61.9 Å². The zero-order chi connectivity index (χ0) is 29.1. The lowest BCUT2D eigenvalue weighted by atomic mass is 10.2. The van der Waals surface area contributed by atoms with Crippen LogP contribution in [-0.4, -0.2) is 61.8 Å². The van der Waals surface area contributed by atoms with Gasteiger partial charge in [0.15, 0.2) is 28.1 Å². The molecule has 0 saturated heterocycles. The van der Waals surface area contributed by atoms with Crippen molar-refractivity contribution >= 4 is 39.9 Å². The van der Waals surface area contributed by atoms with Gasteiger partial charge >= 0.3 is 0 Å². The molecule has 0 saturated carbocycles. The van der Waals surface area contributed by atoms with Crippen molar-refractivity contribution in [2.24, 2.45) is 0 Å². The predicted molar refractivity (Wildman–Crippen MR) is 158 cm³/mol. The van der Waals surface area contributed by atoms with E-state index in [1.165, 1.54) is 11.8 Å². The fourth-order valence-electron chi connectivity index (χ4n) is 4.62. The van der Waals surface area contributed by atoms with Gasteiger partial charge in [0.05, 0.1) is 37.8 Å². The van der Waals surface area contributed by atoms with Crippen LogP contribution in [0.25, 0.3) is 16.6 Å². The molecule has 41 heavy (non-hydrogen) atoms. The molecule has 214 valence electrons. The first-order chi connectivity index (χ1) is 19.8. The normalized spacial score (nSPS) is 12.0. The summed E-state index contributed by atoms with van der Waals surface area (Å²) in [6.45, 7) is 6.62. The van der Waals surface area contributed by atoms with E-state index in [2.05, 4.69) is 10.4 Å². The summed E-state index contributed by atoms with van der Waals surface area (Å²) in [5, 5.41) is 13.3. The van der Waals surface area contributed by atoms with E-state index < -0.39 is 5.25 Å². The lowest BCUT2D eigenvalue weighted by molar-refractivity contribution is -0.115. The third-order valence-corrected chi connectivity index (χ3v) is 8.00. The van der Waals surface area contributed by atoms with Crippen LogP contribution in [0, 0.1) is 13.8 Å². The zero-order valence-corrected chi connectivity index (χ0v) is 24.8. The Morgan fingerprint density at radius 2 is 1.78 bits per heavy atom. The Labute approximate surface area is 242 Å². The maximum atomic E-state index is 13.3. The molecule has 1 atom stereocenters. The summed E-state index contributed by atoms with van der Waals surface area (Å²) in [7, 11) is 4.77. The van der Waals surface area contributed by atoms with Crippen LogP contribution in [0.1, 0.15) is 30.6 Å². The van der Waals surface area contributed by atoms with Crippen molar-refractivity contribution in [3.05, 3.63) is 59.7 Å². The first-order valence-corrected chi connectivity index (χ1v) is 14.2. The average Bonchev–Trinajstić information content (AvgIpc) is 3.55. The number of aryl methyl sites for hydroxylation is 4. The van der Waals surface area contributed by atoms with Crippen LogP contribution in [0.3, 0.4) is 0 Å². The highest BCUT2D eigenvalue weighted by molar-refractivity contribution is 8.00. The van der Waals surface area contributed by atoms with Crippen LogP contribution >= 0.6 is 11.8 Å². The fourth-order valence-corrected chi connectivity index (χ4v) is 5.58. The highest BCUT2D eigenvalue weighted by Crippen LogP contribution is 2.35. The number of benzene rings is 2. The van der Waals surface area contributed by atoms with Gasteiger partial charge < -0.3 is 19.5 Å². The van der Waals surface area contributed by atoms with E-state index in [0.717, 1.165) is 16.8 Å². The van der Waals surface area contributed by atoms with Crippen molar-refractivity contribution in [3.63, 3.8) is 0 Å². The second kappa shape index (κ2) is 12.0. The van der Waals surface area contributed by atoms with Crippen LogP contribution in [0.4, 0.5) is 5.69 Å². The molecule has 5 aromatic rings. The van der Waals surface area contributed by atoms with E-state index in [4.69, 9.17) is 29.3 Å². The van der Waals surface area contributed by atoms with Gasteiger partial charge in [-0.15, -0.1) is 5.10 Å². The van der Waals surface area contributed by atoms with Gasteiger partial charge in [-0.2, -0.15) is 9.61 Å². The Hall–Kier alpha value is -4.32. The van der Waals surface area contributed by atoms with Gasteiger partial charge in [-0.25, -0.2) is 9.97 Å². The summed E-state index contributed by atoms with van der Waals surface area (Å²) in [6.07, 6.45) is 1.16. The molecule has 3 heterocycles. The van der Waals surface area contributed by atoms with Crippen molar-refractivity contribution in [1.82, 2.24) is 29.4 Å². The Kier molecular flexibility index (Phi) is 8.29. The molecule has 0 fully saturated rings. The van der Waals surface area contributed by atoms with E-state index in [9.17, 15) is 4.79 Å². The molecule has 11 nitrogen and oxygen atoms in total. The molecule has 0 spiro atoms. The zero-order valence-electron chi connectivity index (χ0n) is 24.0. The van der Waals surface area contributed by atoms with Gasteiger partial charge in [-0.1, -0.05) is 24.8 Å². The van der Waals surface area contributed by atoms with E-state index in [0.29, 0.717) is 64.5 Å². The number of carbonyl (C=O) groups is 1. The Balaban J connectivity index is 1.52. The molecule has 1 amide bonds. The maximum Gasteiger partial charge on any atom is 0.237 e. The number of aromatic nitrogens is 6. The molecule has 0 aliphatic rings. The van der Waals surface area contributed by atoms with Crippen molar-refractivity contribution in [2.75, 3.05) is 26.6 Å². The molecule has 5 rings (SSSR count). The molecule has 12 heteroatoms. The third-order valence-electron chi connectivity index (χ3n) is 6.69. The summed E-state index contributed by atoms with van der Waals surface area (Å²) >= 11 is 1.34. The topological polar surface area (TPSA) is 118 Å². The summed E-state index contributed by atoms with van der Waals surface area (Å²) in [4.78, 5) is 23.1. The molecule has 2 aromatic carbocycles. The molecule has 0 bridgehead atoms. The lowest BCUT2D eigenvalue weighted by Crippen LogP contribution is -2.25. The highest BCUT2D eigenvalue weighted by Gasteiger charge is 2.24. The van der Waals surface area contributed by atoms with Crippen LogP contribution in [0.15, 0.2) is 47.6 Å². The Morgan fingerprint density at radius 3 is 2.46 bits per heavy atom. The van der Waals surface area contributed by atoms with Crippen LogP contribution in [-0.2, 0) is 17.8 Å². The fraction of sp³-hybridized carbons (Fsp3) is 0.345. The summed E-state index contributed by atoms with van der Waals surface area (Å²) in [5.41, 5.74) is 4.01. The minimum Gasteiger partial charge on any atom is -0.497 e. The minimum absolute atomic E-state index is 0.141. The third kappa shape index (κ3) is 5.92. The van der Waals surface area contributed by atoms with E-state index in [1.54, 1.807) is 31.9 Å². The van der Waals surface area contributed by atoms with Crippen molar-refractivity contribution in [3.8, 4) is 17.2 Å². The number of hydrogen-bond acceptors (Lipinski definition) is 9. The van der Waals surface area contributed by atoms with Crippen molar-refractivity contribution in [2.45, 2.75) is 50.6 Å². The maximum absolute atomic E-state index is 13.3. The minimum atomic E-state index is -0.433. The number of thioether (sulfide) groups is 1. The van der Waals surface area contributed by atoms with Gasteiger partial charge in [-0.3, -0.25) is 9.48 Å². The van der Waals surface area contributed by atoms with E-state index >= 15 is 0 Å². The molecule has 0 unspecified atom stereocenters. The molecular weight excluding hydrogens is 542 g/mol. The monoisotopic (exact) mass is 575 g/mol. The molecule has 1 N–H and O–H groups in total. The lowest BCUT2D eigenvalue weighted by Gasteiger charge is -2.16. The Bertz CT molecular complexity index is 1710. The molecule has 0 aliphatic heterocycles. The summed E-state index contributed by atoms with van der Waals surface area (Å²) < 4.78 is 20.0. The molecule has 3 aromatic heterocycles. The van der Waals surface area contributed by atoms with Crippen LogP contribution in [0.5, 0.6) is 17.2 Å². The van der Waals surface area contributed by atoms with Crippen molar-refractivity contribution < 1.29 is 19.0 Å². The standard InChI is InChI=1S/C29H33N7O4S/c1-7-25(28(37)30-19-9-8-10-20(14-19)38-4)41-29-31-22-16-24(40-6)23(39-5)15-21(22)27-32-26(34-36(27)29)11-12-35-18(3)13-17(2)33-35/h8-10,13-16,25H,7,11-12H2,1-6H3,(H,30,37)/t25-/m1/s1. The smallest absolute Gasteiger partial charge is 0.237 e. The number of anilines is 1. The largest absolute Gasteiger partial charge is 0.497 e. The molecular formula is C29H33N7O4S. The van der Waals surface area contributed by atoms with Crippen LogP contribution < -0.4 is 19.5 Å². The van der Waals surface area contributed by atoms with Crippen LogP contribution in [0.2, 0.25) is 0 Å².